The molecule has 0 heterocycles. The normalized spacial score (nSPS) is 10.0. The van der Waals surface area contributed by atoms with Gasteiger partial charge in [-0.1, -0.05) is 27.5 Å². The van der Waals surface area contributed by atoms with Crippen LogP contribution in [0.5, 0.6) is 5.75 Å². The number of alkyl halides is 1. The first-order valence-electron chi connectivity index (χ1n) is 3.72. The van der Waals surface area contributed by atoms with Crippen LogP contribution in [0.25, 0.3) is 0 Å². The minimum absolute atomic E-state index is 0.0261. The van der Waals surface area contributed by atoms with E-state index in [0.717, 1.165) is 0 Å². The molecule has 1 rings (SSSR count). The summed E-state index contributed by atoms with van der Waals surface area (Å²) < 4.78 is 17.9. The van der Waals surface area contributed by atoms with Crippen LogP contribution < -0.4 is 4.74 Å². The summed E-state index contributed by atoms with van der Waals surface area (Å²) in [6, 6.07) is 2.60. The van der Waals surface area contributed by atoms with E-state index in [2.05, 4.69) is 15.9 Å². The fourth-order valence-electron chi connectivity index (χ4n) is 0.951. The number of carbonyl (C=O) groups is 1. The second kappa shape index (κ2) is 4.75. The van der Waals surface area contributed by atoms with E-state index >= 15 is 0 Å². The van der Waals surface area contributed by atoms with Gasteiger partial charge in [0.25, 0.3) is 0 Å². The SMILES string of the molecule is COc1cc(C(=O)CBr)cc(Cl)c1F. The Labute approximate surface area is 94.1 Å². The van der Waals surface area contributed by atoms with Crippen LogP contribution in [-0.4, -0.2) is 18.2 Å². The third kappa shape index (κ3) is 2.25. The lowest BCUT2D eigenvalue weighted by Crippen LogP contribution is -2.01. The van der Waals surface area contributed by atoms with Crippen molar-refractivity contribution in [2.75, 3.05) is 12.4 Å². The maximum Gasteiger partial charge on any atom is 0.183 e. The molecule has 1 aromatic rings. The lowest BCUT2D eigenvalue weighted by atomic mass is 10.1. The van der Waals surface area contributed by atoms with Crippen LogP contribution in [-0.2, 0) is 0 Å². The highest BCUT2D eigenvalue weighted by atomic mass is 79.9. The summed E-state index contributed by atoms with van der Waals surface area (Å²) in [6.07, 6.45) is 0. The van der Waals surface area contributed by atoms with Crippen molar-refractivity contribution < 1.29 is 13.9 Å². The Morgan fingerprint density at radius 1 is 1.64 bits per heavy atom. The number of methoxy groups -OCH3 is 1. The first-order valence-corrected chi connectivity index (χ1v) is 5.22. The minimum Gasteiger partial charge on any atom is -0.494 e. The van der Waals surface area contributed by atoms with Crippen LogP contribution in [0.3, 0.4) is 0 Å². The maximum atomic E-state index is 13.2. The predicted octanol–water partition coefficient (Wildman–Crippen LogP) is 3.07. The van der Waals surface area contributed by atoms with Crippen LogP contribution in [0, 0.1) is 5.82 Å². The molecule has 0 N–H and O–H groups in total. The van der Waals surface area contributed by atoms with Gasteiger partial charge in [-0.25, -0.2) is 4.39 Å². The average molecular weight is 282 g/mol. The van der Waals surface area contributed by atoms with E-state index in [1.807, 2.05) is 0 Å². The van der Waals surface area contributed by atoms with Gasteiger partial charge in [-0.15, -0.1) is 0 Å². The molecule has 0 saturated carbocycles. The number of hydrogen-bond acceptors (Lipinski definition) is 2. The van der Waals surface area contributed by atoms with E-state index in [-0.39, 0.29) is 21.9 Å². The van der Waals surface area contributed by atoms with Gasteiger partial charge >= 0.3 is 0 Å². The smallest absolute Gasteiger partial charge is 0.183 e. The molecule has 2 nitrogen and oxygen atoms in total. The average Bonchev–Trinajstić information content (AvgIpc) is 2.20. The topological polar surface area (TPSA) is 26.3 Å². The number of Topliss-reactive ketones (excluding diaryl/α,β-unsaturated/α-hetero) is 1. The molecule has 0 aliphatic heterocycles. The van der Waals surface area contributed by atoms with E-state index < -0.39 is 5.82 Å². The van der Waals surface area contributed by atoms with Crippen molar-refractivity contribution in [3.63, 3.8) is 0 Å². The Bertz CT molecular complexity index is 368. The van der Waals surface area contributed by atoms with Gasteiger partial charge in [0, 0.05) is 5.56 Å². The first-order chi connectivity index (χ1) is 6.60. The molecule has 5 heteroatoms. The molecule has 0 radical (unpaired) electrons. The summed E-state index contributed by atoms with van der Waals surface area (Å²) in [5.41, 5.74) is 0.324. The lowest BCUT2D eigenvalue weighted by Gasteiger charge is -2.05. The number of carbonyl (C=O) groups excluding carboxylic acids is 1. The third-order valence-corrected chi connectivity index (χ3v) is 2.44. The summed E-state index contributed by atoms with van der Waals surface area (Å²) in [5, 5.41) is 0.0478. The van der Waals surface area contributed by atoms with Crippen LogP contribution in [0.15, 0.2) is 12.1 Å². The molecule has 0 saturated heterocycles. The fourth-order valence-corrected chi connectivity index (χ4v) is 1.48. The van der Waals surface area contributed by atoms with Crippen molar-refractivity contribution in [3.8, 4) is 5.75 Å². The molecule has 0 aliphatic rings. The molecule has 0 atom stereocenters. The summed E-state index contributed by atoms with van der Waals surface area (Å²) in [6.45, 7) is 0. The Kier molecular flexibility index (Phi) is 3.89. The van der Waals surface area contributed by atoms with Gasteiger partial charge in [-0.3, -0.25) is 4.79 Å². The zero-order valence-electron chi connectivity index (χ0n) is 7.31. The molecule has 0 bridgehead atoms. The second-order valence-corrected chi connectivity index (χ2v) is 3.50. The Morgan fingerprint density at radius 2 is 2.29 bits per heavy atom. The number of ether oxygens (including phenoxy) is 1. The highest BCUT2D eigenvalue weighted by Gasteiger charge is 2.13. The molecule has 0 aliphatic carbocycles. The zero-order valence-corrected chi connectivity index (χ0v) is 9.65. The maximum absolute atomic E-state index is 13.2. The fraction of sp³-hybridized carbons (Fsp3) is 0.222. The van der Waals surface area contributed by atoms with Crippen LogP contribution in [0.1, 0.15) is 10.4 Å². The number of halogens is 3. The molecular formula is C9H7BrClFO2. The van der Waals surface area contributed by atoms with Crippen molar-refractivity contribution >= 4 is 33.3 Å². The Morgan fingerprint density at radius 3 is 2.79 bits per heavy atom. The first kappa shape index (κ1) is 11.5. The lowest BCUT2D eigenvalue weighted by molar-refractivity contribution is 0.102. The Hall–Kier alpha value is -0.610. The number of ketones is 1. The predicted molar refractivity (Wildman–Crippen MR) is 56.1 cm³/mol. The summed E-state index contributed by atoms with van der Waals surface area (Å²) >= 11 is 8.59. The van der Waals surface area contributed by atoms with E-state index in [9.17, 15) is 9.18 Å². The van der Waals surface area contributed by atoms with Gasteiger partial charge in [-0.05, 0) is 12.1 Å². The number of hydrogen-bond donors (Lipinski definition) is 0. The minimum atomic E-state index is -0.653. The van der Waals surface area contributed by atoms with Crippen LogP contribution in [0.2, 0.25) is 5.02 Å². The Balaban J connectivity index is 3.22. The molecule has 0 amide bonds. The molecule has 14 heavy (non-hydrogen) atoms. The summed E-state index contributed by atoms with van der Waals surface area (Å²) in [4.78, 5) is 11.3. The molecule has 0 unspecified atom stereocenters. The quantitative estimate of drug-likeness (QED) is 0.629. The highest BCUT2D eigenvalue weighted by molar-refractivity contribution is 9.09. The third-order valence-electron chi connectivity index (χ3n) is 1.66. The van der Waals surface area contributed by atoms with Crippen molar-refractivity contribution in [2.24, 2.45) is 0 Å². The van der Waals surface area contributed by atoms with E-state index in [1.54, 1.807) is 0 Å². The molecule has 0 spiro atoms. The van der Waals surface area contributed by atoms with Gasteiger partial charge in [0.1, 0.15) is 0 Å². The standard InChI is InChI=1S/C9H7BrClFO2/c1-14-8-3-5(7(13)4-10)2-6(11)9(8)12/h2-3H,4H2,1H3. The van der Waals surface area contributed by atoms with Crippen LogP contribution in [0.4, 0.5) is 4.39 Å². The molecule has 0 aromatic heterocycles. The molecule has 0 fully saturated rings. The van der Waals surface area contributed by atoms with Crippen molar-refractivity contribution in [2.45, 2.75) is 0 Å². The van der Waals surface area contributed by atoms with Gasteiger partial charge < -0.3 is 4.74 Å². The monoisotopic (exact) mass is 280 g/mol. The molecular weight excluding hydrogens is 274 g/mol. The van der Waals surface area contributed by atoms with E-state index in [4.69, 9.17) is 16.3 Å². The van der Waals surface area contributed by atoms with E-state index in [1.165, 1.54) is 19.2 Å². The van der Waals surface area contributed by atoms with Gasteiger partial charge in [0.15, 0.2) is 17.3 Å². The van der Waals surface area contributed by atoms with Gasteiger partial charge in [0.2, 0.25) is 0 Å². The molecule has 76 valence electrons. The zero-order chi connectivity index (χ0) is 10.7. The van der Waals surface area contributed by atoms with Gasteiger partial charge in [0.05, 0.1) is 17.5 Å². The van der Waals surface area contributed by atoms with Crippen molar-refractivity contribution in [1.82, 2.24) is 0 Å². The largest absolute Gasteiger partial charge is 0.494 e. The van der Waals surface area contributed by atoms with E-state index in [0.29, 0.717) is 5.56 Å². The van der Waals surface area contributed by atoms with Crippen molar-refractivity contribution in [1.29, 1.82) is 0 Å². The number of benzene rings is 1. The molecule has 1 aromatic carbocycles. The number of rotatable bonds is 3. The summed E-state index contributed by atoms with van der Waals surface area (Å²) in [7, 11) is 1.32. The second-order valence-electron chi connectivity index (χ2n) is 2.53. The van der Waals surface area contributed by atoms with Crippen LogP contribution >= 0.6 is 27.5 Å². The highest BCUT2D eigenvalue weighted by Crippen LogP contribution is 2.26. The van der Waals surface area contributed by atoms with Gasteiger partial charge in [-0.2, -0.15) is 0 Å². The van der Waals surface area contributed by atoms with Crippen molar-refractivity contribution in [3.05, 3.63) is 28.5 Å². The summed E-state index contributed by atoms with van der Waals surface area (Å²) in [5.74, 6) is -0.854.